The summed E-state index contributed by atoms with van der Waals surface area (Å²) in [5.74, 6) is 0.0625. The Labute approximate surface area is 138 Å². The summed E-state index contributed by atoms with van der Waals surface area (Å²) in [6.45, 7) is 0.465. The number of benzene rings is 1. The van der Waals surface area contributed by atoms with E-state index in [-0.39, 0.29) is 11.8 Å². The molecule has 2 amide bonds. The van der Waals surface area contributed by atoms with Crippen LogP contribution in [0.1, 0.15) is 38.5 Å². The topological polar surface area (TPSA) is 49.4 Å². The van der Waals surface area contributed by atoms with Crippen molar-refractivity contribution in [2.24, 2.45) is 0 Å². The molecule has 0 atom stereocenters. The maximum atomic E-state index is 13.1. The van der Waals surface area contributed by atoms with E-state index in [9.17, 15) is 9.59 Å². The highest BCUT2D eigenvalue weighted by Gasteiger charge is 2.45. The van der Waals surface area contributed by atoms with Gasteiger partial charge < -0.3 is 10.2 Å². The first-order chi connectivity index (χ1) is 10.1. The fourth-order valence-electron chi connectivity index (χ4n) is 3.32. The molecular weight excluding hydrogens is 379 g/mol. The Bertz CT molecular complexity index is 550. The van der Waals surface area contributed by atoms with Gasteiger partial charge in [0.25, 0.3) is 5.91 Å². The fraction of sp³-hybridized carbons (Fsp3) is 0.500. The summed E-state index contributed by atoms with van der Waals surface area (Å²) in [6, 6.07) is 7.92. The second kappa shape index (κ2) is 5.94. The minimum absolute atomic E-state index is 0.00161. The van der Waals surface area contributed by atoms with E-state index in [1.165, 1.54) is 0 Å². The molecule has 1 spiro atoms. The number of hydrogen-bond donors (Lipinski definition) is 1. The number of carbonyl (C=O) groups is 2. The minimum atomic E-state index is -0.672. The van der Waals surface area contributed by atoms with Gasteiger partial charge in [0.2, 0.25) is 5.91 Å². The second-order valence-corrected chi connectivity index (χ2v) is 7.12. The lowest BCUT2D eigenvalue weighted by atomic mass is 9.80. The quantitative estimate of drug-likeness (QED) is 0.740. The summed E-state index contributed by atoms with van der Waals surface area (Å²) in [5.41, 5.74) is 0.219. The molecule has 0 unspecified atom stereocenters. The van der Waals surface area contributed by atoms with Gasteiger partial charge >= 0.3 is 0 Å². The standard InChI is InChI=1S/C16H19IN2O2/c17-12-4-6-13(7-5-12)19-11-8-14(20)18-16(15(19)21)9-2-1-3-10-16/h4-7H,1-3,8-11H2,(H,18,20). The molecule has 2 fully saturated rings. The third-order valence-electron chi connectivity index (χ3n) is 4.44. The highest BCUT2D eigenvalue weighted by atomic mass is 127. The molecule has 0 bridgehead atoms. The molecule has 1 aromatic carbocycles. The average molecular weight is 398 g/mol. The van der Waals surface area contributed by atoms with Crippen LogP contribution in [0.3, 0.4) is 0 Å². The Kier molecular flexibility index (Phi) is 4.19. The van der Waals surface area contributed by atoms with Crippen LogP contribution in [0.25, 0.3) is 0 Å². The normalized spacial score (nSPS) is 22.0. The first kappa shape index (κ1) is 14.8. The molecule has 4 nitrogen and oxygen atoms in total. The van der Waals surface area contributed by atoms with Gasteiger partial charge in [-0.05, 0) is 59.7 Å². The van der Waals surface area contributed by atoms with Crippen molar-refractivity contribution in [3.8, 4) is 0 Å². The highest BCUT2D eigenvalue weighted by Crippen LogP contribution is 2.33. The van der Waals surface area contributed by atoms with Crippen LogP contribution in [-0.4, -0.2) is 23.9 Å². The van der Waals surface area contributed by atoms with Crippen molar-refractivity contribution in [3.63, 3.8) is 0 Å². The van der Waals surface area contributed by atoms with Crippen molar-refractivity contribution in [3.05, 3.63) is 27.8 Å². The largest absolute Gasteiger partial charge is 0.342 e. The second-order valence-electron chi connectivity index (χ2n) is 5.87. The van der Waals surface area contributed by atoms with Gasteiger partial charge in [0.15, 0.2) is 0 Å². The van der Waals surface area contributed by atoms with Crippen LogP contribution < -0.4 is 10.2 Å². The summed E-state index contributed by atoms with van der Waals surface area (Å²) in [4.78, 5) is 26.9. The van der Waals surface area contributed by atoms with Crippen LogP contribution in [0, 0.1) is 3.57 Å². The smallest absolute Gasteiger partial charge is 0.252 e. The van der Waals surface area contributed by atoms with E-state index in [0.29, 0.717) is 13.0 Å². The SMILES string of the molecule is O=C1CCN(c2ccc(I)cc2)C(=O)C2(CCCCC2)N1. The van der Waals surface area contributed by atoms with E-state index < -0.39 is 5.54 Å². The van der Waals surface area contributed by atoms with Crippen molar-refractivity contribution in [1.82, 2.24) is 5.32 Å². The number of nitrogens with zero attached hydrogens (tertiary/aromatic N) is 1. The highest BCUT2D eigenvalue weighted by molar-refractivity contribution is 14.1. The maximum absolute atomic E-state index is 13.1. The molecule has 0 aromatic heterocycles. The number of halogens is 1. The molecule has 0 radical (unpaired) electrons. The van der Waals surface area contributed by atoms with E-state index in [4.69, 9.17) is 0 Å². The van der Waals surface area contributed by atoms with Crippen LogP contribution in [0.4, 0.5) is 5.69 Å². The third kappa shape index (κ3) is 2.93. The molecule has 1 N–H and O–H groups in total. The number of anilines is 1. The first-order valence-corrected chi connectivity index (χ1v) is 8.57. The summed E-state index contributed by atoms with van der Waals surface area (Å²) in [6.07, 6.45) is 5.06. The van der Waals surface area contributed by atoms with E-state index in [0.717, 1.165) is 41.4 Å². The van der Waals surface area contributed by atoms with Gasteiger partial charge in [0.05, 0.1) is 0 Å². The van der Waals surface area contributed by atoms with Gasteiger partial charge in [-0.25, -0.2) is 0 Å². The Morgan fingerprint density at radius 3 is 2.38 bits per heavy atom. The van der Waals surface area contributed by atoms with Crippen molar-refractivity contribution in [2.75, 3.05) is 11.4 Å². The van der Waals surface area contributed by atoms with Crippen molar-refractivity contribution < 1.29 is 9.59 Å². The Hall–Kier alpha value is -1.11. The van der Waals surface area contributed by atoms with Crippen LogP contribution >= 0.6 is 22.6 Å². The molecule has 21 heavy (non-hydrogen) atoms. The van der Waals surface area contributed by atoms with Crippen molar-refractivity contribution in [1.29, 1.82) is 0 Å². The molecule has 2 aliphatic rings. The Morgan fingerprint density at radius 2 is 1.71 bits per heavy atom. The zero-order valence-electron chi connectivity index (χ0n) is 11.9. The van der Waals surface area contributed by atoms with Crippen molar-refractivity contribution >= 4 is 40.1 Å². The molecular formula is C16H19IN2O2. The Morgan fingerprint density at radius 1 is 1.05 bits per heavy atom. The number of rotatable bonds is 1. The predicted molar refractivity (Wildman–Crippen MR) is 90.1 cm³/mol. The maximum Gasteiger partial charge on any atom is 0.252 e. The number of carbonyl (C=O) groups excluding carboxylic acids is 2. The molecule has 1 aromatic rings. The molecule has 1 aliphatic heterocycles. The summed E-state index contributed by atoms with van der Waals surface area (Å²) in [7, 11) is 0. The fourth-order valence-corrected chi connectivity index (χ4v) is 3.68. The van der Waals surface area contributed by atoms with Crippen LogP contribution in [0.5, 0.6) is 0 Å². The summed E-state index contributed by atoms with van der Waals surface area (Å²) in [5, 5.41) is 3.02. The zero-order valence-corrected chi connectivity index (χ0v) is 14.1. The summed E-state index contributed by atoms with van der Waals surface area (Å²) >= 11 is 2.25. The monoisotopic (exact) mass is 398 g/mol. The van der Waals surface area contributed by atoms with E-state index in [1.54, 1.807) is 4.90 Å². The van der Waals surface area contributed by atoms with Gasteiger partial charge in [0, 0.05) is 22.2 Å². The summed E-state index contributed by atoms with van der Waals surface area (Å²) < 4.78 is 1.14. The molecule has 1 saturated carbocycles. The van der Waals surface area contributed by atoms with Gasteiger partial charge in [-0.2, -0.15) is 0 Å². The number of amides is 2. The third-order valence-corrected chi connectivity index (χ3v) is 5.16. The molecule has 1 heterocycles. The molecule has 112 valence electrons. The van der Waals surface area contributed by atoms with Gasteiger partial charge in [0.1, 0.15) is 5.54 Å². The molecule has 3 rings (SSSR count). The van der Waals surface area contributed by atoms with Crippen LogP contribution in [0.2, 0.25) is 0 Å². The van der Waals surface area contributed by atoms with Crippen LogP contribution in [-0.2, 0) is 9.59 Å². The van der Waals surface area contributed by atoms with Gasteiger partial charge in [-0.3, -0.25) is 9.59 Å². The van der Waals surface area contributed by atoms with Gasteiger partial charge in [-0.15, -0.1) is 0 Å². The van der Waals surface area contributed by atoms with E-state index in [2.05, 4.69) is 27.9 Å². The van der Waals surface area contributed by atoms with E-state index >= 15 is 0 Å². The first-order valence-electron chi connectivity index (χ1n) is 7.49. The number of hydrogen-bond acceptors (Lipinski definition) is 2. The minimum Gasteiger partial charge on any atom is -0.342 e. The number of nitrogens with one attached hydrogen (secondary N) is 1. The zero-order chi connectivity index (χ0) is 14.9. The molecule has 1 saturated heterocycles. The lowest BCUT2D eigenvalue weighted by molar-refractivity contribution is -0.131. The van der Waals surface area contributed by atoms with Crippen molar-refractivity contribution in [2.45, 2.75) is 44.1 Å². The predicted octanol–water partition coefficient (Wildman–Crippen LogP) is 2.85. The molecule has 1 aliphatic carbocycles. The van der Waals surface area contributed by atoms with E-state index in [1.807, 2.05) is 24.3 Å². The molecule has 5 heteroatoms. The van der Waals surface area contributed by atoms with Gasteiger partial charge in [-0.1, -0.05) is 19.3 Å². The Balaban J connectivity index is 1.94. The average Bonchev–Trinajstić information content (AvgIpc) is 2.60. The van der Waals surface area contributed by atoms with Crippen LogP contribution in [0.15, 0.2) is 24.3 Å². The lowest BCUT2D eigenvalue weighted by Gasteiger charge is -2.38. The lowest BCUT2D eigenvalue weighted by Crippen LogP contribution is -2.58.